The summed E-state index contributed by atoms with van der Waals surface area (Å²) in [6.45, 7) is 5.91. The van der Waals surface area contributed by atoms with Gasteiger partial charge >= 0.3 is 5.97 Å². The van der Waals surface area contributed by atoms with Gasteiger partial charge in [0.25, 0.3) is 0 Å². The first-order valence-electron chi connectivity index (χ1n) is 7.15. The van der Waals surface area contributed by atoms with Crippen LogP contribution < -0.4 is 5.73 Å². The summed E-state index contributed by atoms with van der Waals surface area (Å²) in [6, 6.07) is 1.54. The van der Waals surface area contributed by atoms with E-state index in [1.807, 2.05) is 13.8 Å². The summed E-state index contributed by atoms with van der Waals surface area (Å²) < 4.78 is 11.6. The molecule has 0 aliphatic heterocycles. The second kappa shape index (κ2) is 5.67. The minimum Gasteiger partial charge on any atom is -0.460 e. The number of rotatable bonds is 4. The van der Waals surface area contributed by atoms with E-state index in [9.17, 15) is 4.79 Å². The smallest absolute Gasteiger partial charge is 0.377 e. The van der Waals surface area contributed by atoms with Crippen molar-refractivity contribution in [2.24, 2.45) is 0 Å². The van der Waals surface area contributed by atoms with Crippen LogP contribution in [0, 0.1) is 0 Å². The number of nitrogens with zero attached hydrogens (tertiary/aromatic N) is 5. The van der Waals surface area contributed by atoms with Gasteiger partial charge in [-0.25, -0.2) is 19.4 Å². The molecule has 3 aromatic rings. The lowest BCUT2D eigenvalue weighted by molar-refractivity contribution is 0.0480. The summed E-state index contributed by atoms with van der Waals surface area (Å²) in [5.41, 5.74) is 7.41. The molecule has 0 fully saturated rings. The quantitative estimate of drug-likeness (QED) is 0.723. The fourth-order valence-corrected chi connectivity index (χ4v) is 2.22. The standard InChI is InChI=1S/C14H16N6O3/c1-4-22-14(21)9-5-8(19-23-9)11-10-12(15)16-6-17-13(10)20(18-11)7(2)3/h5-7H,4H2,1-3H3,(H2,15,16,17). The molecule has 3 rings (SSSR count). The van der Waals surface area contributed by atoms with Gasteiger partial charge in [-0.2, -0.15) is 5.10 Å². The Balaban J connectivity index is 2.15. The van der Waals surface area contributed by atoms with Crippen LogP contribution in [0.2, 0.25) is 0 Å². The van der Waals surface area contributed by atoms with Gasteiger partial charge in [0.2, 0.25) is 5.76 Å². The van der Waals surface area contributed by atoms with Crippen molar-refractivity contribution in [3.8, 4) is 11.4 Å². The molecule has 0 unspecified atom stereocenters. The molecule has 0 aromatic carbocycles. The Kier molecular flexibility index (Phi) is 3.68. The Morgan fingerprint density at radius 2 is 2.22 bits per heavy atom. The highest BCUT2D eigenvalue weighted by Crippen LogP contribution is 2.31. The lowest BCUT2D eigenvalue weighted by Crippen LogP contribution is -2.04. The summed E-state index contributed by atoms with van der Waals surface area (Å²) in [5.74, 6) is -0.287. The van der Waals surface area contributed by atoms with Gasteiger partial charge in [-0.3, -0.25) is 0 Å². The molecule has 0 amide bonds. The second-order valence-electron chi connectivity index (χ2n) is 5.14. The molecule has 3 heterocycles. The molecular weight excluding hydrogens is 300 g/mol. The largest absolute Gasteiger partial charge is 0.460 e. The molecule has 0 bridgehead atoms. The third kappa shape index (κ3) is 2.50. The lowest BCUT2D eigenvalue weighted by atomic mass is 10.2. The van der Waals surface area contributed by atoms with Crippen molar-refractivity contribution in [3.63, 3.8) is 0 Å². The molecule has 0 saturated heterocycles. The van der Waals surface area contributed by atoms with E-state index >= 15 is 0 Å². The predicted octanol–water partition coefficient (Wildman–Crippen LogP) is 1.82. The molecule has 2 N–H and O–H groups in total. The molecule has 0 spiro atoms. The fraction of sp³-hybridized carbons (Fsp3) is 0.357. The maximum atomic E-state index is 11.7. The van der Waals surface area contributed by atoms with Crippen molar-refractivity contribution in [1.29, 1.82) is 0 Å². The van der Waals surface area contributed by atoms with Crippen LogP contribution in [0.5, 0.6) is 0 Å². The van der Waals surface area contributed by atoms with Crippen LogP contribution in [0.1, 0.15) is 37.4 Å². The molecule has 23 heavy (non-hydrogen) atoms. The molecular formula is C14H16N6O3. The van der Waals surface area contributed by atoms with Crippen LogP contribution in [0.15, 0.2) is 16.9 Å². The summed E-state index contributed by atoms with van der Waals surface area (Å²) >= 11 is 0. The number of fused-ring (bicyclic) bond motifs is 1. The zero-order valence-electron chi connectivity index (χ0n) is 13.0. The van der Waals surface area contributed by atoms with Crippen molar-refractivity contribution in [3.05, 3.63) is 18.2 Å². The number of esters is 1. The Bertz CT molecular complexity index is 867. The molecule has 9 nitrogen and oxygen atoms in total. The van der Waals surface area contributed by atoms with Crippen molar-refractivity contribution >= 4 is 22.8 Å². The van der Waals surface area contributed by atoms with Gasteiger partial charge < -0.3 is 15.0 Å². The number of carbonyl (C=O) groups excluding carboxylic acids is 1. The van der Waals surface area contributed by atoms with Gasteiger partial charge in [0.05, 0.1) is 12.0 Å². The van der Waals surface area contributed by atoms with E-state index in [4.69, 9.17) is 15.0 Å². The summed E-state index contributed by atoms with van der Waals surface area (Å²) in [4.78, 5) is 19.9. The van der Waals surface area contributed by atoms with E-state index < -0.39 is 5.97 Å². The number of anilines is 1. The normalized spacial score (nSPS) is 11.3. The highest BCUT2D eigenvalue weighted by atomic mass is 16.6. The third-order valence-corrected chi connectivity index (χ3v) is 3.24. The van der Waals surface area contributed by atoms with Crippen LogP contribution in [0.3, 0.4) is 0 Å². The minimum absolute atomic E-state index is 0.00418. The summed E-state index contributed by atoms with van der Waals surface area (Å²) in [7, 11) is 0. The number of hydrogen-bond donors (Lipinski definition) is 1. The molecule has 0 aliphatic rings. The molecule has 120 valence electrons. The van der Waals surface area contributed by atoms with Crippen LogP contribution in [0.4, 0.5) is 5.82 Å². The Labute approximate surface area is 131 Å². The number of nitrogen functional groups attached to an aromatic ring is 1. The molecule has 0 saturated carbocycles. The van der Waals surface area contributed by atoms with Crippen molar-refractivity contribution in [2.45, 2.75) is 26.8 Å². The minimum atomic E-state index is -0.580. The Morgan fingerprint density at radius 3 is 2.91 bits per heavy atom. The highest BCUT2D eigenvalue weighted by Gasteiger charge is 2.22. The first-order chi connectivity index (χ1) is 11.0. The predicted molar refractivity (Wildman–Crippen MR) is 81.6 cm³/mol. The van der Waals surface area contributed by atoms with E-state index in [0.29, 0.717) is 22.4 Å². The van der Waals surface area contributed by atoms with Gasteiger partial charge in [-0.15, -0.1) is 0 Å². The van der Waals surface area contributed by atoms with E-state index in [1.54, 1.807) is 11.6 Å². The van der Waals surface area contributed by atoms with E-state index in [1.165, 1.54) is 12.4 Å². The van der Waals surface area contributed by atoms with Gasteiger partial charge in [-0.05, 0) is 20.8 Å². The Morgan fingerprint density at radius 1 is 1.43 bits per heavy atom. The van der Waals surface area contributed by atoms with Crippen LogP contribution in [-0.2, 0) is 4.74 Å². The van der Waals surface area contributed by atoms with Crippen LogP contribution in [0.25, 0.3) is 22.4 Å². The molecule has 0 aliphatic carbocycles. The van der Waals surface area contributed by atoms with E-state index in [0.717, 1.165) is 0 Å². The van der Waals surface area contributed by atoms with Crippen LogP contribution >= 0.6 is 0 Å². The first-order valence-corrected chi connectivity index (χ1v) is 7.15. The van der Waals surface area contributed by atoms with Gasteiger partial charge in [-0.1, -0.05) is 5.16 Å². The SMILES string of the molecule is CCOC(=O)c1cc(-c2nn(C(C)C)c3ncnc(N)c23)no1. The van der Waals surface area contributed by atoms with E-state index in [-0.39, 0.29) is 24.2 Å². The van der Waals surface area contributed by atoms with Gasteiger partial charge in [0.1, 0.15) is 23.5 Å². The fourth-order valence-electron chi connectivity index (χ4n) is 2.22. The molecule has 3 aromatic heterocycles. The molecule has 9 heteroatoms. The number of aromatic nitrogens is 5. The summed E-state index contributed by atoms with van der Waals surface area (Å²) in [5, 5.41) is 8.96. The monoisotopic (exact) mass is 316 g/mol. The highest BCUT2D eigenvalue weighted by molar-refractivity contribution is 5.98. The average Bonchev–Trinajstić information content (AvgIpc) is 3.12. The average molecular weight is 316 g/mol. The molecule has 0 atom stereocenters. The van der Waals surface area contributed by atoms with Crippen LogP contribution in [-0.4, -0.2) is 37.5 Å². The molecule has 0 radical (unpaired) electrons. The number of hydrogen-bond acceptors (Lipinski definition) is 8. The summed E-state index contributed by atoms with van der Waals surface area (Å²) in [6.07, 6.45) is 1.38. The van der Waals surface area contributed by atoms with Crippen molar-refractivity contribution in [1.82, 2.24) is 24.9 Å². The third-order valence-electron chi connectivity index (χ3n) is 3.24. The lowest BCUT2D eigenvalue weighted by Gasteiger charge is -2.05. The maximum absolute atomic E-state index is 11.7. The van der Waals surface area contributed by atoms with Crippen molar-refractivity contribution in [2.75, 3.05) is 12.3 Å². The maximum Gasteiger partial charge on any atom is 0.377 e. The van der Waals surface area contributed by atoms with Crippen molar-refractivity contribution < 1.29 is 14.1 Å². The number of carbonyl (C=O) groups is 1. The topological polar surface area (TPSA) is 122 Å². The second-order valence-corrected chi connectivity index (χ2v) is 5.14. The zero-order chi connectivity index (χ0) is 16.6. The van der Waals surface area contributed by atoms with Gasteiger partial charge in [0, 0.05) is 12.1 Å². The van der Waals surface area contributed by atoms with Gasteiger partial charge in [0.15, 0.2) is 5.65 Å². The van der Waals surface area contributed by atoms with E-state index in [2.05, 4.69) is 20.2 Å². The number of nitrogens with two attached hydrogens (primary N) is 1. The first kappa shape index (κ1) is 14.9. The zero-order valence-corrected chi connectivity index (χ0v) is 13.0. The number of ether oxygens (including phenoxy) is 1. The Hall–Kier alpha value is -2.97.